The van der Waals surface area contributed by atoms with Crippen molar-refractivity contribution in [2.24, 2.45) is 11.8 Å². The average Bonchev–Trinajstić information content (AvgIpc) is 2.83. The predicted molar refractivity (Wildman–Crippen MR) is 121 cm³/mol. The minimum absolute atomic E-state index is 0.160. The number of carbonyl (C=O) groups excluding carboxylic acids is 3. The zero-order valence-corrected chi connectivity index (χ0v) is 19.1. The van der Waals surface area contributed by atoms with Crippen LogP contribution in [0.2, 0.25) is 0 Å². The number of amides is 4. The molecule has 3 N–H and O–H groups in total. The van der Waals surface area contributed by atoms with Crippen molar-refractivity contribution in [1.29, 1.82) is 0 Å². The Morgan fingerprint density at radius 3 is 2.31 bits per heavy atom. The fraction of sp³-hybridized carbons (Fsp3) is 0.609. The van der Waals surface area contributed by atoms with E-state index in [0.29, 0.717) is 44.4 Å². The predicted octanol–water partition coefficient (Wildman–Crippen LogP) is 3.11. The molecule has 1 saturated carbocycles. The van der Waals surface area contributed by atoms with Crippen LogP contribution in [0.25, 0.3) is 0 Å². The molecule has 1 aliphatic rings. The van der Waals surface area contributed by atoms with Crippen molar-refractivity contribution >= 4 is 18.2 Å². The summed E-state index contributed by atoms with van der Waals surface area (Å²) in [5.74, 6) is 0.773. The molecule has 1 fully saturated rings. The van der Waals surface area contributed by atoms with Crippen LogP contribution >= 0.6 is 0 Å². The normalized spacial score (nSPS) is 17.7. The van der Waals surface area contributed by atoms with Gasteiger partial charge in [-0.3, -0.25) is 0 Å². The average molecular weight is 449 g/mol. The molecule has 0 spiro atoms. The molecule has 0 bridgehead atoms. The first kappa shape index (κ1) is 25.3. The van der Waals surface area contributed by atoms with E-state index in [2.05, 4.69) is 20.7 Å². The second kappa shape index (κ2) is 14.2. The van der Waals surface area contributed by atoms with Crippen molar-refractivity contribution in [2.45, 2.75) is 38.6 Å². The Morgan fingerprint density at radius 2 is 1.66 bits per heavy atom. The van der Waals surface area contributed by atoms with Gasteiger partial charge in [0.05, 0.1) is 13.7 Å². The summed E-state index contributed by atoms with van der Waals surface area (Å²) >= 11 is 0. The molecular weight excluding hydrogens is 412 g/mol. The number of benzene rings is 1. The monoisotopic (exact) mass is 448 g/mol. The maximum Gasteiger partial charge on any atom is 0.407 e. The van der Waals surface area contributed by atoms with Gasteiger partial charge in [-0.25, -0.2) is 14.4 Å². The first-order valence-electron chi connectivity index (χ1n) is 11.2. The Balaban J connectivity index is 1.53. The molecule has 0 radical (unpaired) electrons. The van der Waals surface area contributed by atoms with Crippen molar-refractivity contribution < 1.29 is 23.9 Å². The summed E-state index contributed by atoms with van der Waals surface area (Å²) in [4.78, 5) is 36.9. The van der Waals surface area contributed by atoms with Gasteiger partial charge >= 0.3 is 18.2 Å². The van der Waals surface area contributed by atoms with Gasteiger partial charge in [0.2, 0.25) is 0 Å². The molecule has 1 aliphatic carbocycles. The number of nitrogens with one attached hydrogen (secondary N) is 3. The summed E-state index contributed by atoms with van der Waals surface area (Å²) in [5, 5.41) is 8.45. The van der Waals surface area contributed by atoms with Gasteiger partial charge in [-0.1, -0.05) is 36.8 Å². The standard InChI is InChI=1S/C23H36N4O5/c1-27(21(28)24-15-18-8-4-3-5-9-18)12-7-13-32-23(30)26-17-20-11-6-10-19(14-20)16-25-22(29)31-2/h3-5,8-9,19-20H,6-7,10-17H2,1-2H3,(H,24,28)(H,25,29)(H,26,30). The van der Waals surface area contributed by atoms with Crippen molar-refractivity contribution in [2.75, 3.05) is 40.4 Å². The quantitative estimate of drug-likeness (QED) is 0.477. The SMILES string of the molecule is COC(=O)NCC1CCCC(CNC(=O)OCCCN(C)C(=O)NCc2ccccc2)C1. The molecular formula is C23H36N4O5. The van der Waals surface area contributed by atoms with E-state index < -0.39 is 12.2 Å². The number of hydrogen-bond acceptors (Lipinski definition) is 5. The van der Waals surface area contributed by atoms with Gasteiger partial charge in [0.1, 0.15) is 0 Å². The number of hydrogen-bond donors (Lipinski definition) is 3. The molecule has 32 heavy (non-hydrogen) atoms. The van der Waals surface area contributed by atoms with Crippen LogP contribution in [-0.2, 0) is 16.0 Å². The van der Waals surface area contributed by atoms with Gasteiger partial charge in [0, 0.05) is 33.2 Å². The van der Waals surface area contributed by atoms with E-state index in [4.69, 9.17) is 4.74 Å². The van der Waals surface area contributed by atoms with Gasteiger partial charge in [0.15, 0.2) is 0 Å². The van der Waals surface area contributed by atoms with Gasteiger partial charge in [-0.05, 0) is 43.1 Å². The van der Waals surface area contributed by atoms with Crippen LogP contribution in [0, 0.1) is 11.8 Å². The molecule has 0 aliphatic heterocycles. The van der Waals surface area contributed by atoms with Gasteiger partial charge < -0.3 is 30.3 Å². The summed E-state index contributed by atoms with van der Waals surface area (Å²) in [7, 11) is 3.07. The molecule has 1 aromatic carbocycles. The van der Waals surface area contributed by atoms with E-state index in [9.17, 15) is 14.4 Å². The van der Waals surface area contributed by atoms with E-state index in [1.165, 1.54) is 7.11 Å². The lowest BCUT2D eigenvalue weighted by atomic mass is 9.81. The number of ether oxygens (including phenoxy) is 2. The second-order valence-corrected chi connectivity index (χ2v) is 8.21. The van der Waals surface area contributed by atoms with E-state index in [1.807, 2.05) is 30.3 Å². The van der Waals surface area contributed by atoms with E-state index >= 15 is 0 Å². The van der Waals surface area contributed by atoms with Crippen molar-refractivity contribution in [3.63, 3.8) is 0 Å². The van der Waals surface area contributed by atoms with Gasteiger partial charge in [-0.15, -0.1) is 0 Å². The fourth-order valence-corrected chi connectivity index (χ4v) is 3.83. The van der Waals surface area contributed by atoms with Crippen LogP contribution in [0.3, 0.4) is 0 Å². The highest BCUT2D eigenvalue weighted by molar-refractivity contribution is 5.73. The summed E-state index contributed by atoms with van der Waals surface area (Å²) in [6.45, 7) is 2.38. The summed E-state index contributed by atoms with van der Waals surface area (Å²) < 4.78 is 9.83. The lowest BCUT2D eigenvalue weighted by Crippen LogP contribution is -2.38. The third-order valence-corrected chi connectivity index (χ3v) is 5.65. The van der Waals surface area contributed by atoms with Crippen LogP contribution < -0.4 is 16.0 Å². The maximum absolute atomic E-state index is 12.1. The van der Waals surface area contributed by atoms with Gasteiger partial charge in [0.25, 0.3) is 0 Å². The minimum atomic E-state index is -0.434. The number of nitrogens with zero attached hydrogens (tertiary/aromatic N) is 1. The molecule has 178 valence electrons. The Morgan fingerprint density at radius 1 is 1.00 bits per heavy atom. The van der Waals surface area contributed by atoms with Crippen LogP contribution in [0.5, 0.6) is 0 Å². The number of alkyl carbamates (subject to hydrolysis) is 2. The van der Waals surface area contributed by atoms with E-state index in [0.717, 1.165) is 31.2 Å². The zero-order chi connectivity index (χ0) is 23.2. The Hall–Kier alpha value is -2.97. The molecule has 9 nitrogen and oxygen atoms in total. The highest BCUT2D eigenvalue weighted by Crippen LogP contribution is 2.28. The Kier molecular flexibility index (Phi) is 11.2. The summed E-state index contributed by atoms with van der Waals surface area (Å²) in [6.07, 6.45) is 3.87. The van der Waals surface area contributed by atoms with Crippen LogP contribution in [0.4, 0.5) is 14.4 Å². The third-order valence-electron chi connectivity index (χ3n) is 5.65. The molecule has 2 rings (SSSR count). The van der Waals surface area contributed by atoms with Crippen LogP contribution in [0.15, 0.2) is 30.3 Å². The molecule has 2 atom stereocenters. The van der Waals surface area contributed by atoms with E-state index in [1.54, 1.807) is 11.9 Å². The highest BCUT2D eigenvalue weighted by Gasteiger charge is 2.23. The van der Waals surface area contributed by atoms with Crippen molar-refractivity contribution in [3.05, 3.63) is 35.9 Å². The largest absolute Gasteiger partial charge is 0.453 e. The molecule has 9 heteroatoms. The van der Waals surface area contributed by atoms with Gasteiger partial charge in [-0.2, -0.15) is 0 Å². The Labute approximate surface area is 190 Å². The minimum Gasteiger partial charge on any atom is -0.453 e. The molecule has 4 amide bonds. The number of methoxy groups -OCH3 is 1. The molecule has 0 saturated heterocycles. The maximum atomic E-state index is 12.1. The topological polar surface area (TPSA) is 109 Å². The highest BCUT2D eigenvalue weighted by atomic mass is 16.5. The summed E-state index contributed by atoms with van der Waals surface area (Å²) in [5.41, 5.74) is 1.04. The zero-order valence-electron chi connectivity index (χ0n) is 19.1. The lowest BCUT2D eigenvalue weighted by Gasteiger charge is -2.29. The molecule has 2 unspecified atom stereocenters. The lowest BCUT2D eigenvalue weighted by molar-refractivity contribution is 0.136. The molecule has 1 aromatic rings. The molecule has 0 heterocycles. The Bertz CT molecular complexity index is 716. The number of urea groups is 1. The first-order chi connectivity index (χ1) is 15.5. The van der Waals surface area contributed by atoms with Crippen LogP contribution in [-0.4, -0.2) is 63.5 Å². The number of rotatable bonds is 10. The van der Waals surface area contributed by atoms with Crippen LogP contribution in [0.1, 0.15) is 37.7 Å². The smallest absolute Gasteiger partial charge is 0.407 e. The second-order valence-electron chi connectivity index (χ2n) is 8.21. The summed E-state index contributed by atoms with van der Waals surface area (Å²) in [6, 6.07) is 9.56. The fourth-order valence-electron chi connectivity index (χ4n) is 3.83. The third kappa shape index (κ3) is 9.89. The molecule has 0 aromatic heterocycles. The van der Waals surface area contributed by atoms with E-state index in [-0.39, 0.29) is 12.6 Å². The van der Waals surface area contributed by atoms with Crippen molar-refractivity contribution in [1.82, 2.24) is 20.9 Å². The van der Waals surface area contributed by atoms with Crippen molar-refractivity contribution in [3.8, 4) is 0 Å². The number of carbonyl (C=O) groups is 3. The first-order valence-corrected chi connectivity index (χ1v) is 11.2.